The van der Waals surface area contributed by atoms with E-state index in [4.69, 9.17) is 28.9 Å². The molecule has 2 aromatic carbocycles. The van der Waals surface area contributed by atoms with Gasteiger partial charge in [-0.25, -0.2) is 0 Å². The second-order valence-corrected chi connectivity index (χ2v) is 4.58. The Labute approximate surface area is 110 Å². The summed E-state index contributed by atoms with van der Waals surface area (Å²) in [5.74, 6) is 0. The molecule has 2 aromatic rings. The number of nitrogens with one attached hydrogen (secondary N) is 1. The number of hydrogen-bond acceptors (Lipinski definition) is 2. The van der Waals surface area contributed by atoms with Gasteiger partial charge >= 0.3 is 0 Å². The van der Waals surface area contributed by atoms with E-state index in [1.807, 2.05) is 30.3 Å². The molecule has 0 unspecified atom stereocenters. The van der Waals surface area contributed by atoms with Crippen LogP contribution in [0.1, 0.15) is 5.56 Å². The van der Waals surface area contributed by atoms with Gasteiger partial charge in [-0.15, -0.1) is 0 Å². The first-order valence-corrected chi connectivity index (χ1v) is 5.94. The van der Waals surface area contributed by atoms with Gasteiger partial charge in [0, 0.05) is 16.6 Å². The van der Waals surface area contributed by atoms with Crippen LogP contribution in [0.5, 0.6) is 0 Å². The number of benzene rings is 2. The van der Waals surface area contributed by atoms with Gasteiger partial charge in [0.1, 0.15) is 0 Å². The number of anilines is 2. The second kappa shape index (κ2) is 5.30. The summed E-state index contributed by atoms with van der Waals surface area (Å²) >= 11 is 11.7. The summed E-state index contributed by atoms with van der Waals surface area (Å²) < 4.78 is 0. The molecular formula is C13H12Cl2N2. The zero-order valence-corrected chi connectivity index (χ0v) is 10.6. The smallest absolute Gasteiger partial charge is 0.0591 e. The van der Waals surface area contributed by atoms with Gasteiger partial charge in [-0.1, -0.05) is 35.3 Å². The Hall–Kier alpha value is -1.38. The van der Waals surface area contributed by atoms with Crippen LogP contribution in [0.25, 0.3) is 0 Å². The Morgan fingerprint density at radius 1 is 0.941 bits per heavy atom. The molecule has 2 rings (SSSR count). The molecule has 0 aromatic heterocycles. The number of hydrogen-bond donors (Lipinski definition) is 2. The number of nitrogen functional groups attached to an aromatic ring is 1. The molecule has 0 saturated carbocycles. The Kier molecular flexibility index (Phi) is 3.77. The predicted octanol–water partition coefficient (Wildman–Crippen LogP) is 4.19. The third-order valence-corrected chi connectivity index (χ3v) is 2.90. The summed E-state index contributed by atoms with van der Waals surface area (Å²) in [6.07, 6.45) is 0. The molecule has 88 valence electrons. The van der Waals surface area contributed by atoms with Crippen molar-refractivity contribution >= 4 is 34.6 Å². The highest BCUT2D eigenvalue weighted by atomic mass is 35.5. The van der Waals surface area contributed by atoms with Crippen molar-refractivity contribution in [2.75, 3.05) is 11.1 Å². The molecule has 17 heavy (non-hydrogen) atoms. The third kappa shape index (κ3) is 3.29. The first kappa shape index (κ1) is 12.1. The summed E-state index contributed by atoms with van der Waals surface area (Å²) in [6, 6.07) is 13.0. The molecule has 0 saturated heterocycles. The number of nitrogens with two attached hydrogens (primary N) is 1. The Bertz CT molecular complexity index is 509. The van der Waals surface area contributed by atoms with Crippen molar-refractivity contribution in [3.05, 3.63) is 58.1 Å². The summed E-state index contributed by atoms with van der Waals surface area (Å²) in [5.41, 5.74) is 8.49. The van der Waals surface area contributed by atoms with E-state index in [1.54, 1.807) is 12.1 Å². The Balaban J connectivity index is 2.07. The summed E-state index contributed by atoms with van der Waals surface area (Å²) in [7, 11) is 0. The maximum absolute atomic E-state index is 5.91. The van der Waals surface area contributed by atoms with E-state index in [2.05, 4.69) is 5.32 Å². The van der Waals surface area contributed by atoms with Gasteiger partial charge in [-0.2, -0.15) is 0 Å². The molecule has 0 radical (unpaired) electrons. The Morgan fingerprint density at radius 2 is 1.59 bits per heavy atom. The van der Waals surface area contributed by atoms with E-state index in [9.17, 15) is 0 Å². The van der Waals surface area contributed by atoms with Gasteiger partial charge in [-0.3, -0.25) is 0 Å². The van der Waals surface area contributed by atoms with Crippen molar-refractivity contribution < 1.29 is 0 Å². The average molecular weight is 267 g/mol. The minimum atomic E-state index is 0.665. The van der Waals surface area contributed by atoms with Crippen LogP contribution in [0.4, 0.5) is 11.4 Å². The highest BCUT2D eigenvalue weighted by Gasteiger charge is 2.00. The molecule has 4 heteroatoms. The molecule has 0 aliphatic rings. The fourth-order valence-electron chi connectivity index (χ4n) is 1.48. The summed E-state index contributed by atoms with van der Waals surface area (Å²) in [6.45, 7) is 0.682. The number of rotatable bonds is 3. The molecule has 0 spiro atoms. The lowest BCUT2D eigenvalue weighted by atomic mass is 10.2. The SMILES string of the molecule is Nc1ccc(Cl)cc1NCc1ccc(Cl)cc1. The monoisotopic (exact) mass is 266 g/mol. The largest absolute Gasteiger partial charge is 0.397 e. The van der Waals surface area contributed by atoms with Crippen LogP contribution >= 0.6 is 23.2 Å². The van der Waals surface area contributed by atoms with Crippen LogP contribution in [0.3, 0.4) is 0 Å². The lowest BCUT2D eigenvalue weighted by Gasteiger charge is -2.09. The van der Waals surface area contributed by atoms with Gasteiger partial charge in [0.05, 0.1) is 11.4 Å². The molecule has 0 amide bonds. The zero-order valence-electron chi connectivity index (χ0n) is 9.08. The standard InChI is InChI=1S/C13H12Cl2N2/c14-10-3-1-9(2-4-10)8-17-13-7-11(15)5-6-12(13)16/h1-7,17H,8,16H2. The maximum Gasteiger partial charge on any atom is 0.0591 e. The van der Waals surface area contributed by atoms with E-state index in [0.717, 1.165) is 16.3 Å². The van der Waals surface area contributed by atoms with E-state index >= 15 is 0 Å². The first-order chi connectivity index (χ1) is 8.15. The van der Waals surface area contributed by atoms with Gasteiger partial charge in [0.2, 0.25) is 0 Å². The van der Waals surface area contributed by atoms with E-state index in [-0.39, 0.29) is 0 Å². The van der Waals surface area contributed by atoms with Crippen molar-refractivity contribution in [2.24, 2.45) is 0 Å². The van der Waals surface area contributed by atoms with Crippen molar-refractivity contribution in [3.63, 3.8) is 0 Å². The number of halogens is 2. The molecule has 0 atom stereocenters. The van der Waals surface area contributed by atoms with E-state index < -0.39 is 0 Å². The van der Waals surface area contributed by atoms with Gasteiger partial charge in [-0.05, 0) is 35.9 Å². The molecule has 0 aliphatic heterocycles. The maximum atomic E-state index is 5.91. The van der Waals surface area contributed by atoms with Crippen molar-refractivity contribution in [1.29, 1.82) is 0 Å². The molecule has 3 N–H and O–H groups in total. The molecular weight excluding hydrogens is 255 g/mol. The Morgan fingerprint density at radius 3 is 2.29 bits per heavy atom. The minimum absolute atomic E-state index is 0.665. The van der Waals surface area contributed by atoms with Gasteiger partial charge in [0.15, 0.2) is 0 Å². The summed E-state index contributed by atoms with van der Waals surface area (Å²) in [5, 5.41) is 4.63. The van der Waals surface area contributed by atoms with Gasteiger partial charge in [0.25, 0.3) is 0 Å². The highest BCUT2D eigenvalue weighted by molar-refractivity contribution is 6.31. The molecule has 0 aliphatic carbocycles. The van der Waals surface area contributed by atoms with Crippen molar-refractivity contribution in [2.45, 2.75) is 6.54 Å². The molecule has 0 heterocycles. The van der Waals surface area contributed by atoms with Crippen LogP contribution in [-0.2, 0) is 6.54 Å². The van der Waals surface area contributed by atoms with Crippen LogP contribution in [0, 0.1) is 0 Å². The first-order valence-electron chi connectivity index (χ1n) is 5.18. The van der Waals surface area contributed by atoms with E-state index in [1.165, 1.54) is 0 Å². The van der Waals surface area contributed by atoms with Crippen molar-refractivity contribution in [1.82, 2.24) is 0 Å². The second-order valence-electron chi connectivity index (χ2n) is 3.71. The van der Waals surface area contributed by atoms with Crippen LogP contribution in [0.2, 0.25) is 10.0 Å². The zero-order chi connectivity index (χ0) is 12.3. The van der Waals surface area contributed by atoms with E-state index in [0.29, 0.717) is 17.3 Å². The predicted molar refractivity (Wildman–Crippen MR) is 74.6 cm³/mol. The highest BCUT2D eigenvalue weighted by Crippen LogP contribution is 2.23. The normalized spacial score (nSPS) is 10.2. The fraction of sp³-hybridized carbons (Fsp3) is 0.0769. The van der Waals surface area contributed by atoms with Gasteiger partial charge < -0.3 is 11.1 Å². The lowest BCUT2D eigenvalue weighted by molar-refractivity contribution is 1.15. The minimum Gasteiger partial charge on any atom is -0.397 e. The van der Waals surface area contributed by atoms with Crippen LogP contribution < -0.4 is 11.1 Å². The summed E-state index contributed by atoms with van der Waals surface area (Å²) in [4.78, 5) is 0. The topological polar surface area (TPSA) is 38.0 Å². The van der Waals surface area contributed by atoms with Crippen LogP contribution in [-0.4, -0.2) is 0 Å². The fourth-order valence-corrected chi connectivity index (χ4v) is 1.78. The molecule has 0 bridgehead atoms. The van der Waals surface area contributed by atoms with Crippen molar-refractivity contribution in [3.8, 4) is 0 Å². The quantitative estimate of drug-likeness (QED) is 0.818. The average Bonchev–Trinajstić information content (AvgIpc) is 2.32. The molecule has 0 fully saturated rings. The molecule has 2 nitrogen and oxygen atoms in total. The third-order valence-electron chi connectivity index (χ3n) is 2.41. The van der Waals surface area contributed by atoms with Crippen LogP contribution in [0.15, 0.2) is 42.5 Å². The lowest BCUT2D eigenvalue weighted by Crippen LogP contribution is -2.02.